The smallest absolute Gasteiger partial charge is 0.195 e. The summed E-state index contributed by atoms with van der Waals surface area (Å²) in [5.41, 5.74) is 4.15. The fraction of sp³-hybridized carbons (Fsp3) is 0.391. The van der Waals surface area contributed by atoms with E-state index in [1.54, 1.807) is 7.11 Å². The van der Waals surface area contributed by atoms with Crippen LogP contribution in [0, 0.1) is 6.92 Å². The van der Waals surface area contributed by atoms with Crippen LogP contribution in [-0.4, -0.2) is 48.8 Å². The van der Waals surface area contributed by atoms with Crippen LogP contribution in [0.15, 0.2) is 53.8 Å². The number of benzene rings is 1. The summed E-state index contributed by atoms with van der Waals surface area (Å²) in [6, 6.07) is 12.0. The highest BCUT2D eigenvalue weighted by Gasteiger charge is 2.05. The molecule has 0 aliphatic carbocycles. The number of guanidine groups is 1. The number of aryl methyl sites for hydroxylation is 1. The number of hydrogen-bond donors (Lipinski definition) is 2. The second kappa shape index (κ2) is 11.2. The van der Waals surface area contributed by atoms with Crippen LogP contribution in [0.4, 0.5) is 5.69 Å². The van der Waals surface area contributed by atoms with Crippen LogP contribution in [0.2, 0.25) is 0 Å². The first kappa shape index (κ1) is 21.6. The molecule has 0 fully saturated rings. The summed E-state index contributed by atoms with van der Waals surface area (Å²) in [5, 5.41) is 6.64. The van der Waals surface area contributed by atoms with Gasteiger partial charge in [-0.25, -0.2) is 4.98 Å². The van der Waals surface area contributed by atoms with Gasteiger partial charge in [-0.15, -0.1) is 0 Å². The Labute approximate surface area is 178 Å². The largest absolute Gasteiger partial charge is 0.493 e. The van der Waals surface area contributed by atoms with Crippen LogP contribution < -0.4 is 15.4 Å². The quantitative estimate of drug-likeness (QED) is 0.304. The molecule has 3 rings (SSSR count). The van der Waals surface area contributed by atoms with Gasteiger partial charge in [-0.3, -0.25) is 4.99 Å². The van der Waals surface area contributed by atoms with Gasteiger partial charge in [0, 0.05) is 63.8 Å². The zero-order chi connectivity index (χ0) is 21.2. The molecule has 0 aliphatic rings. The molecule has 0 saturated heterocycles. The summed E-state index contributed by atoms with van der Waals surface area (Å²) < 4.78 is 12.9. The Morgan fingerprint density at radius 3 is 2.90 bits per heavy atom. The molecular formula is C23H31N5O2. The highest BCUT2D eigenvalue weighted by molar-refractivity contribution is 5.93. The predicted molar refractivity (Wildman–Crippen MR) is 122 cm³/mol. The third kappa shape index (κ3) is 6.22. The number of nitrogens with zero attached hydrogens (tertiary/aromatic N) is 3. The third-order valence-electron chi connectivity index (χ3n) is 4.57. The maximum atomic E-state index is 5.78. The van der Waals surface area contributed by atoms with Crippen molar-refractivity contribution in [1.82, 2.24) is 14.7 Å². The molecule has 30 heavy (non-hydrogen) atoms. The Kier molecular flexibility index (Phi) is 8.09. The minimum absolute atomic E-state index is 0.629. The standard InChI is InChI=1S/C23H31N5O2/c1-4-24-23(27-19-9-5-10-21(16-19)30-15-7-14-29-3)25-12-11-20-17-28-13-6-8-18(2)22(28)26-20/h5-6,8-10,13,16-17H,4,7,11-12,14-15H2,1-3H3,(H2,24,25,27). The number of rotatable bonds is 10. The molecular weight excluding hydrogens is 378 g/mol. The SMILES string of the molecule is CCNC(=NCCc1cn2cccc(C)c2n1)Nc1cccc(OCCCOC)c1. The number of aliphatic imine (C=N–C) groups is 1. The molecule has 0 aliphatic heterocycles. The van der Waals surface area contributed by atoms with Gasteiger partial charge in [0.05, 0.1) is 12.3 Å². The fourth-order valence-electron chi connectivity index (χ4n) is 3.11. The predicted octanol–water partition coefficient (Wildman–Crippen LogP) is 3.68. The number of nitrogens with one attached hydrogen (secondary N) is 2. The second-order valence-corrected chi connectivity index (χ2v) is 7.01. The van der Waals surface area contributed by atoms with E-state index in [-0.39, 0.29) is 0 Å². The van der Waals surface area contributed by atoms with Crippen molar-refractivity contribution < 1.29 is 9.47 Å². The number of methoxy groups -OCH3 is 1. The maximum absolute atomic E-state index is 5.78. The molecule has 2 heterocycles. The molecule has 0 amide bonds. The van der Waals surface area contributed by atoms with E-state index in [2.05, 4.69) is 41.1 Å². The highest BCUT2D eigenvalue weighted by atomic mass is 16.5. The Morgan fingerprint density at radius 1 is 1.20 bits per heavy atom. The number of imidazole rings is 1. The highest BCUT2D eigenvalue weighted by Crippen LogP contribution is 2.17. The van der Waals surface area contributed by atoms with Crippen molar-refractivity contribution in [2.24, 2.45) is 4.99 Å². The van der Waals surface area contributed by atoms with Crippen molar-refractivity contribution in [3.8, 4) is 5.75 Å². The van der Waals surface area contributed by atoms with E-state index >= 15 is 0 Å². The van der Waals surface area contributed by atoms with Gasteiger partial charge in [0.15, 0.2) is 5.96 Å². The summed E-state index contributed by atoms with van der Waals surface area (Å²) >= 11 is 0. The van der Waals surface area contributed by atoms with Gasteiger partial charge >= 0.3 is 0 Å². The number of hydrogen-bond acceptors (Lipinski definition) is 4. The van der Waals surface area contributed by atoms with E-state index in [9.17, 15) is 0 Å². The van der Waals surface area contributed by atoms with E-state index in [0.29, 0.717) is 19.8 Å². The average Bonchev–Trinajstić information content (AvgIpc) is 3.16. The van der Waals surface area contributed by atoms with Crippen LogP contribution in [0.5, 0.6) is 5.75 Å². The minimum Gasteiger partial charge on any atom is -0.493 e. The van der Waals surface area contributed by atoms with E-state index in [0.717, 1.165) is 48.1 Å². The monoisotopic (exact) mass is 409 g/mol. The summed E-state index contributed by atoms with van der Waals surface area (Å²) in [7, 11) is 1.70. The number of pyridine rings is 1. The Hall–Kier alpha value is -3.06. The fourth-order valence-corrected chi connectivity index (χ4v) is 3.11. The first-order valence-corrected chi connectivity index (χ1v) is 10.4. The van der Waals surface area contributed by atoms with Crippen LogP contribution in [0.25, 0.3) is 5.65 Å². The Balaban J connectivity index is 1.59. The molecule has 0 spiro atoms. The van der Waals surface area contributed by atoms with E-state index in [4.69, 9.17) is 19.5 Å². The maximum Gasteiger partial charge on any atom is 0.195 e. The van der Waals surface area contributed by atoms with Crippen molar-refractivity contribution in [2.45, 2.75) is 26.7 Å². The van der Waals surface area contributed by atoms with Gasteiger partial charge in [-0.1, -0.05) is 12.1 Å². The summed E-state index contributed by atoms with van der Waals surface area (Å²) in [5.74, 6) is 1.57. The lowest BCUT2D eigenvalue weighted by Crippen LogP contribution is -2.30. The van der Waals surface area contributed by atoms with Crippen molar-refractivity contribution in [1.29, 1.82) is 0 Å². The molecule has 7 nitrogen and oxygen atoms in total. The average molecular weight is 410 g/mol. The van der Waals surface area contributed by atoms with Crippen molar-refractivity contribution in [3.05, 3.63) is 60.0 Å². The van der Waals surface area contributed by atoms with Gasteiger partial charge in [-0.2, -0.15) is 0 Å². The molecule has 0 atom stereocenters. The first-order chi connectivity index (χ1) is 14.7. The second-order valence-electron chi connectivity index (χ2n) is 7.01. The number of fused-ring (bicyclic) bond motifs is 1. The van der Waals surface area contributed by atoms with Gasteiger partial charge < -0.3 is 24.5 Å². The van der Waals surface area contributed by atoms with Gasteiger partial charge in [0.1, 0.15) is 11.4 Å². The molecule has 0 unspecified atom stereocenters. The van der Waals surface area contributed by atoms with Crippen LogP contribution in [-0.2, 0) is 11.2 Å². The van der Waals surface area contributed by atoms with E-state index in [1.807, 2.05) is 36.5 Å². The summed E-state index contributed by atoms with van der Waals surface area (Å²) in [6.45, 7) is 6.88. The van der Waals surface area contributed by atoms with Crippen LogP contribution in [0.3, 0.4) is 0 Å². The molecule has 2 aromatic heterocycles. The zero-order valence-electron chi connectivity index (χ0n) is 18.0. The molecule has 0 radical (unpaired) electrons. The lowest BCUT2D eigenvalue weighted by molar-refractivity contribution is 0.172. The van der Waals surface area contributed by atoms with E-state index in [1.165, 1.54) is 5.56 Å². The third-order valence-corrected chi connectivity index (χ3v) is 4.57. The van der Waals surface area contributed by atoms with Crippen molar-refractivity contribution >= 4 is 17.3 Å². The number of aromatic nitrogens is 2. The Morgan fingerprint density at radius 2 is 2.10 bits per heavy atom. The van der Waals surface area contributed by atoms with Crippen molar-refractivity contribution in [2.75, 3.05) is 38.7 Å². The molecule has 1 aromatic carbocycles. The van der Waals surface area contributed by atoms with Gasteiger partial charge in [0.2, 0.25) is 0 Å². The lowest BCUT2D eigenvalue weighted by atomic mass is 10.3. The zero-order valence-corrected chi connectivity index (χ0v) is 18.0. The number of anilines is 1. The molecule has 7 heteroatoms. The van der Waals surface area contributed by atoms with Crippen LogP contribution in [0.1, 0.15) is 24.6 Å². The summed E-state index contributed by atoms with van der Waals surface area (Å²) in [4.78, 5) is 9.42. The molecule has 160 valence electrons. The van der Waals surface area contributed by atoms with Gasteiger partial charge in [0.25, 0.3) is 0 Å². The Bertz CT molecular complexity index is 967. The van der Waals surface area contributed by atoms with E-state index < -0.39 is 0 Å². The van der Waals surface area contributed by atoms with Gasteiger partial charge in [-0.05, 0) is 37.6 Å². The topological polar surface area (TPSA) is 72.2 Å². The molecule has 3 aromatic rings. The lowest BCUT2D eigenvalue weighted by Gasteiger charge is -2.12. The molecule has 0 saturated carbocycles. The normalized spacial score (nSPS) is 11.6. The molecule has 2 N–H and O–H groups in total. The first-order valence-electron chi connectivity index (χ1n) is 10.4. The summed E-state index contributed by atoms with van der Waals surface area (Å²) in [6.07, 6.45) is 5.74. The minimum atomic E-state index is 0.629. The van der Waals surface area contributed by atoms with Crippen LogP contribution >= 0.6 is 0 Å². The number of ether oxygens (including phenoxy) is 2. The van der Waals surface area contributed by atoms with Crippen molar-refractivity contribution in [3.63, 3.8) is 0 Å². The molecule has 0 bridgehead atoms.